The first-order valence-electron chi connectivity index (χ1n) is 11.6. The average molecular weight is 500 g/mol. The Bertz CT molecular complexity index is 1160. The molecule has 0 spiro atoms. The molecule has 2 N–H and O–H groups in total. The van der Waals surface area contributed by atoms with Gasteiger partial charge in [-0.1, -0.05) is 38.1 Å². The number of nitrogens with zero attached hydrogens (tertiary/aromatic N) is 4. The van der Waals surface area contributed by atoms with Gasteiger partial charge in [0.25, 0.3) is 0 Å². The highest BCUT2D eigenvalue weighted by atomic mass is 32.1. The summed E-state index contributed by atoms with van der Waals surface area (Å²) in [7, 11) is 0. The number of halogens is 1. The van der Waals surface area contributed by atoms with E-state index in [1.807, 2.05) is 45.0 Å². The molecule has 0 radical (unpaired) electrons. The zero-order valence-electron chi connectivity index (χ0n) is 20.1. The largest absolute Gasteiger partial charge is 0.388 e. The molecule has 10 heteroatoms. The second kappa shape index (κ2) is 10.2. The fraction of sp³-hybridized carbons (Fsp3) is 0.440. The van der Waals surface area contributed by atoms with Crippen molar-refractivity contribution in [3.05, 3.63) is 59.5 Å². The molecular formula is C25H30FN5O3S. The predicted molar refractivity (Wildman–Crippen MR) is 131 cm³/mol. The van der Waals surface area contributed by atoms with Crippen molar-refractivity contribution in [3.8, 4) is 10.4 Å². The van der Waals surface area contributed by atoms with Crippen LogP contribution in [0.1, 0.15) is 44.1 Å². The van der Waals surface area contributed by atoms with E-state index in [4.69, 9.17) is 0 Å². The topological polar surface area (TPSA) is 100 Å². The minimum atomic E-state index is -1.88. The molecule has 1 saturated heterocycles. The van der Waals surface area contributed by atoms with E-state index in [1.165, 1.54) is 4.68 Å². The minimum absolute atomic E-state index is 0.151. The Kier molecular flexibility index (Phi) is 7.32. The summed E-state index contributed by atoms with van der Waals surface area (Å²) in [5.74, 6) is -1.23. The van der Waals surface area contributed by atoms with Crippen LogP contribution in [0.4, 0.5) is 4.39 Å². The van der Waals surface area contributed by atoms with Crippen LogP contribution in [0.15, 0.2) is 48.2 Å². The van der Waals surface area contributed by atoms with Gasteiger partial charge in [0.05, 0.1) is 28.7 Å². The number of carbonyl (C=O) groups is 2. The number of hydrogen-bond acceptors (Lipinski definition) is 6. The lowest BCUT2D eigenvalue weighted by atomic mass is 10.0. The normalized spacial score (nSPS) is 21.8. The average Bonchev–Trinajstić information content (AvgIpc) is 3.55. The number of carbonyl (C=O) groups excluding carboxylic acids is 2. The lowest BCUT2D eigenvalue weighted by molar-refractivity contribution is -0.143. The molecule has 3 aromatic rings. The molecule has 0 saturated carbocycles. The third kappa shape index (κ3) is 4.99. The predicted octanol–water partition coefficient (Wildman–Crippen LogP) is 3.30. The number of aliphatic hydroxyl groups excluding tert-OH is 1. The van der Waals surface area contributed by atoms with Gasteiger partial charge in [0.1, 0.15) is 18.2 Å². The van der Waals surface area contributed by atoms with Gasteiger partial charge < -0.3 is 15.3 Å². The first-order valence-corrected chi connectivity index (χ1v) is 12.5. The Balaban J connectivity index is 1.50. The van der Waals surface area contributed by atoms with Crippen molar-refractivity contribution in [1.82, 2.24) is 25.0 Å². The van der Waals surface area contributed by atoms with Crippen LogP contribution < -0.4 is 5.32 Å². The fourth-order valence-electron chi connectivity index (χ4n) is 4.51. The molecule has 1 aromatic carbocycles. The second-order valence-corrected chi connectivity index (χ2v) is 10.1. The van der Waals surface area contributed by atoms with Crippen molar-refractivity contribution in [2.24, 2.45) is 5.92 Å². The van der Waals surface area contributed by atoms with Crippen LogP contribution in [0.3, 0.4) is 0 Å². The summed E-state index contributed by atoms with van der Waals surface area (Å²) in [4.78, 5) is 33.1. The summed E-state index contributed by atoms with van der Waals surface area (Å²) in [6.45, 7) is 7.22. The van der Waals surface area contributed by atoms with Crippen molar-refractivity contribution in [1.29, 1.82) is 0 Å². The number of hydrogen-bond donors (Lipinski definition) is 2. The third-order valence-electron chi connectivity index (χ3n) is 6.41. The number of β-amino-alcohol motifs (C(OH)–C–C–N with tert-alkyl or cyclic N) is 1. The highest BCUT2D eigenvalue weighted by Gasteiger charge is 2.50. The molecule has 2 aromatic heterocycles. The zero-order chi connectivity index (χ0) is 25.3. The molecule has 0 unspecified atom stereocenters. The number of likely N-dealkylation sites (tertiary alicyclic amines) is 1. The number of benzene rings is 1. The van der Waals surface area contributed by atoms with Crippen LogP contribution in [-0.4, -0.2) is 61.4 Å². The fourth-order valence-corrected chi connectivity index (χ4v) is 5.33. The van der Waals surface area contributed by atoms with Crippen LogP contribution in [0, 0.1) is 12.8 Å². The summed E-state index contributed by atoms with van der Waals surface area (Å²) < 4.78 is 16.5. The number of nitrogens with one attached hydrogen (secondary N) is 1. The Morgan fingerprint density at radius 2 is 1.94 bits per heavy atom. The van der Waals surface area contributed by atoms with Crippen LogP contribution in [0.25, 0.3) is 10.4 Å². The minimum Gasteiger partial charge on any atom is -0.388 e. The van der Waals surface area contributed by atoms with Gasteiger partial charge in [0.2, 0.25) is 11.8 Å². The van der Waals surface area contributed by atoms with E-state index in [-0.39, 0.29) is 12.5 Å². The molecule has 5 atom stereocenters. The standard InChI is InChI=1S/C25H30FN5O3S/c1-14(2)21(31-11-5-10-28-31)25(34)30-12-19(32)20(26)22(30)24(33)29-15(3)17-6-8-18(9-7-17)23-16(4)27-13-35-23/h5-11,13-15,19-22,32H,12H2,1-4H3,(H,29,33)/t15-,19-,20-,21-,22-/m0/s1. The van der Waals surface area contributed by atoms with E-state index < -0.39 is 42.2 Å². The molecule has 35 heavy (non-hydrogen) atoms. The number of alkyl halides is 1. The maximum Gasteiger partial charge on any atom is 0.248 e. The molecular weight excluding hydrogens is 469 g/mol. The van der Waals surface area contributed by atoms with Gasteiger partial charge in [0, 0.05) is 12.4 Å². The summed E-state index contributed by atoms with van der Waals surface area (Å²) in [5.41, 5.74) is 4.63. The number of aromatic nitrogens is 3. The molecule has 0 aliphatic carbocycles. The van der Waals surface area contributed by atoms with Gasteiger partial charge in [0.15, 0.2) is 6.17 Å². The Morgan fingerprint density at radius 1 is 1.23 bits per heavy atom. The van der Waals surface area contributed by atoms with Crippen molar-refractivity contribution < 1.29 is 19.1 Å². The third-order valence-corrected chi connectivity index (χ3v) is 7.39. The van der Waals surface area contributed by atoms with Gasteiger partial charge in [-0.05, 0) is 37.0 Å². The van der Waals surface area contributed by atoms with E-state index in [9.17, 15) is 14.7 Å². The summed E-state index contributed by atoms with van der Waals surface area (Å²) in [5, 5.41) is 17.2. The SMILES string of the molecule is Cc1ncsc1-c1ccc([C@H](C)NC(=O)[C@@H]2[C@@H](F)[C@@H](O)CN2C(=O)[C@H](C(C)C)n2cccn2)cc1. The first kappa shape index (κ1) is 25.0. The van der Waals surface area contributed by atoms with E-state index in [1.54, 1.807) is 42.2 Å². The number of rotatable bonds is 7. The molecule has 3 heterocycles. The Labute approximate surface area is 207 Å². The zero-order valence-corrected chi connectivity index (χ0v) is 20.9. The smallest absolute Gasteiger partial charge is 0.248 e. The molecule has 8 nitrogen and oxygen atoms in total. The first-order chi connectivity index (χ1) is 16.7. The number of thiazole rings is 1. The van der Waals surface area contributed by atoms with Crippen molar-refractivity contribution in [3.63, 3.8) is 0 Å². The van der Waals surface area contributed by atoms with Gasteiger partial charge >= 0.3 is 0 Å². The lowest BCUT2D eigenvalue weighted by Gasteiger charge is -2.31. The van der Waals surface area contributed by atoms with Gasteiger partial charge in [-0.2, -0.15) is 5.10 Å². The van der Waals surface area contributed by atoms with Gasteiger partial charge in [-0.25, -0.2) is 9.37 Å². The maximum absolute atomic E-state index is 15.0. The van der Waals surface area contributed by atoms with Crippen molar-refractivity contribution in [2.45, 2.75) is 58.1 Å². The second-order valence-electron chi connectivity index (χ2n) is 9.24. The van der Waals surface area contributed by atoms with E-state index in [2.05, 4.69) is 15.4 Å². The summed E-state index contributed by atoms with van der Waals surface area (Å²) in [6.07, 6.45) is -0.0886. The highest BCUT2D eigenvalue weighted by Crippen LogP contribution is 2.30. The van der Waals surface area contributed by atoms with E-state index in [0.717, 1.165) is 26.6 Å². The molecule has 1 aliphatic rings. The molecule has 186 valence electrons. The summed E-state index contributed by atoms with van der Waals surface area (Å²) >= 11 is 1.56. The van der Waals surface area contributed by atoms with Crippen LogP contribution in [0.5, 0.6) is 0 Å². The van der Waals surface area contributed by atoms with Crippen molar-refractivity contribution in [2.75, 3.05) is 6.54 Å². The highest BCUT2D eigenvalue weighted by molar-refractivity contribution is 7.13. The van der Waals surface area contributed by atoms with Gasteiger partial charge in [-0.15, -0.1) is 11.3 Å². The molecule has 1 fully saturated rings. The number of aliphatic hydroxyl groups is 1. The van der Waals surface area contributed by atoms with Crippen molar-refractivity contribution >= 4 is 23.2 Å². The Hall–Kier alpha value is -3.11. The molecule has 1 aliphatic heterocycles. The van der Waals surface area contributed by atoms with E-state index in [0.29, 0.717) is 0 Å². The van der Waals surface area contributed by atoms with Crippen LogP contribution in [0.2, 0.25) is 0 Å². The lowest BCUT2D eigenvalue weighted by Crippen LogP contribution is -2.52. The monoisotopic (exact) mass is 499 g/mol. The van der Waals surface area contributed by atoms with Gasteiger partial charge in [-0.3, -0.25) is 14.3 Å². The summed E-state index contributed by atoms with van der Waals surface area (Å²) in [6, 6.07) is 6.89. The molecule has 0 bridgehead atoms. The number of amides is 2. The quantitative estimate of drug-likeness (QED) is 0.520. The maximum atomic E-state index is 15.0. The molecule has 4 rings (SSSR count). The van der Waals surface area contributed by atoms with E-state index >= 15 is 4.39 Å². The number of aryl methyl sites for hydroxylation is 1. The van der Waals surface area contributed by atoms with Crippen LogP contribution >= 0.6 is 11.3 Å². The van der Waals surface area contributed by atoms with Crippen LogP contribution in [-0.2, 0) is 9.59 Å². The Morgan fingerprint density at radius 3 is 2.51 bits per heavy atom. The molecule has 2 amide bonds.